The number of hydrogen-bond acceptors (Lipinski definition) is 6. The monoisotopic (exact) mass is 593 g/mol. The Labute approximate surface area is 248 Å². The van der Waals surface area contributed by atoms with Gasteiger partial charge in [0.05, 0.1) is 5.52 Å². The van der Waals surface area contributed by atoms with Crippen LogP contribution < -0.4 is 15.5 Å². The molecular formula is C32H34F3N5O3. The van der Waals surface area contributed by atoms with E-state index in [1.807, 2.05) is 79.7 Å². The molecule has 0 aliphatic heterocycles. The highest BCUT2D eigenvalue weighted by Gasteiger charge is 2.38. The van der Waals surface area contributed by atoms with E-state index in [1.54, 1.807) is 0 Å². The number of alkyl halides is 3. The SMILES string of the molecule is CN(C)c1nc(NC2CCC(CNC(=O)c3ccc(-c4ccccc4)cc3)CC2)nc2ccccc12.O=C(O)C(F)(F)F. The molecule has 0 saturated heterocycles. The minimum atomic E-state index is -5.08. The Morgan fingerprint density at radius 3 is 2.05 bits per heavy atom. The van der Waals surface area contributed by atoms with Gasteiger partial charge in [-0.3, -0.25) is 4.79 Å². The highest BCUT2D eigenvalue weighted by molar-refractivity contribution is 5.94. The molecule has 1 heterocycles. The van der Waals surface area contributed by atoms with Crippen LogP contribution in [0.2, 0.25) is 0 Å². The predicted molar refractivity (Wildman–Crippen MR) is 161 cm³/mol. The van der Waals surface area contributed by atoms with E-state index in [1.165, 1.54) is 0 Å². The second-order valence-electron chi connectivity index (χ2n) is 10.6. The zero-order valence-corrected chi connectivity index (χ0v) is 23.9. The number of aromatic nitrogens is 2. The first-order chi connectivity index (χ1) is 20.5. The van der Waals surface area contributed by atoms with Gasteiger partial charge in [0.25, 0.3) is 5.91 Å². The molecule has 1 aromatic heterocycles. The smallest absolute Gasteiger partial charge is 0.475 e. The molecule has 0 radical (unpaired) electrons. The molecule has 1 aliphatic carbocycles. The van der Waals surface area contributed by atoms with Crippen molar-refractivity contribution in [3.05, 3.63) is 84.4 Å². The Kier molecular flexibility index (Phi) is 10.2. The summed E-state index contributed by atoms with van der Waals surface area (Å²) in [5, 5.41) is 14.9. The first-order valence-corrected chi connectivity index (χ1v) is 14.0. The number of carbonyl (C=O) groups excluding carboxylic acids is 1. The van der Waals surface area contributed by atoms with E-state index in [9.17, 15) is 18.0 Å². The van der Waals surface area contributed by atoms with E-state index in [0.717, 1.165) is 53.5 Å². The van der Waals surface area contributed by atoms with E-state index in [0.29, 0.717) is 30.0 Å². The van der Waals surface area contributed by atoms with Gasteiger partial charge in [-0.25, -0.2) is 9.78 Å². The molecule has 1 amide bonds. The maximum absolute atomic E-state index is 12.7. The molecule has 8 nitrogen and oxygen atoms in total. The third kappa shape index (κ3) is 8.67. The van der Waals surface area contributed by atoms with Crippen molar-refractivity contribution in [3.63, 3.8) is 0 Å². The topological polar surface area (TPSA) is 107 Å². The molecule has 0 spiro atoms. The minimum Gasteiger partial charge on any atom is -0.475 e. The Morgan fingerprint density at radius 2 is 1.44 bits per heavy atom. The lowest BCUT2D eigenvalue weighted by atomic mass is 9.86. The van der Waals surface area contributed by atoms with Crippen LogP contribution in [0.15, 0.2) is 78.9 Å². The molecule has 1 aliphatic rings. The molecule has 0 unspecified atom stereocenters. The lowest BCUT2D eigenvalue weighted by molar-refractivity contribution is -0.192. The summed E-state index contributed by atoms with van der Waals surface area (Å²) in [6, 6.07) is 26.5. The summed E-state index contributed by atoms with van der Waals surface area (Å²) in [5.74, 6) is -0.655. The number of halogens is 3. The number of amides is 1. The number of anilines is 2. The number of hydrogen-bond donors (Lipinski definition) is 3. The van der Waals surface area contributed by atoms with Crippen LogP contribution in [0.4, 0.5) is 24.9 Å². The first-order valence-electron chi connectivity index (χ1n) is 14.0. The van der Waals surface area contributed by atoms with Gasteiger partial charge in [-0.2, -0.15) is 18.2 Å². The number of nitrogens with one attached hydrogen (secondary N) is 2. The largest absolute Gasteiger partial charge is 0.490 e. The van der Waals surface area contributed by atoms with Crippen LogP contribution in [-0.4, -0.2) is 59.8 Å². The molecule has 3 aromatic carbocycles. The number of carbonyl (C=O) groups is 2. The molecule has 0 atom stereocenters. The average Bonchev–Trinajstić information content (AvgIpc) is 3.00. The van der Waals surface area contributed by atoms with Crippen molar-refractivity contribution >= 4 is 34.5 Å². The highest BCUT2D eigenvalue weighted by atomic mass is 19.4. The van der Waals surface area contributed by atoms with E-state index in [2.05, 4.69) is 28.8 Å². The van der Waals surface area contributed by atoms with Crippen LogP contribution in [0.1, 0.15) is 36.0 Å². The summed E-state index contributed by atoms with van der Waals surface area (Å²) < 4.78 is 31.7. The van der Waals surface area contributed by atoms with E-state index >= 15 is 0 Å². The predicted octanol–water partition coefficient (Wildman–Crippen LogP) is 6.40. The molecule has 1 saturated carbocycles. The van der Waals surface area contributed by atoms with Gasteiger partial charge in [-0.15, -0.1) is 0 Å². The first kappa shape index (κ1) is 31.3. The summed E-state index contributed by atoms with van der Waals surface area (Å²) in [5.41, 5.74) is 3.93. The zero-order chi connectivity index (χ0) is 31.0. The van der Waals surface area contributed by atoms with Crippen LogP contribution in [0.5, 0.6) is 0 Å². The quantitative estimate of drug-likeness (QED) is 0.228. The summed E-state index contributed by atoms with van der Waals surface area (Å²) >= 11 is 0. The molecule has 11 heteroatoms. The maximum atomic E-state index is 12.7. The van der Waals surface area contributed by atoms with Crippen LogP contribution in [0.3, 0.4) is 0 Å². The molecule has 43 heavy (non-hydrogen) atoms. The number of para-hydroxylation sites is 1. The number of benzene rings is 3. The standard InChI is InChI=1S/C30H33N5O.C2HF3O2/c1-35(2)28-26-10-6-7-11-27(26)33-30(34-28)32-25-18-12-21(13-19-25)20-31-29(36)24-16-14-23(15-17-24)22-8-4-3-5-9-22;3-2(4,5)1(6)7/h3-11,14-17,21,25H,12-13,18-20H2,1-2H3,(H,31,36)(H,32,33,34);(H,6,7). The van der Waals surface area contributed by atoms with E-state index in [-0.39, 0.29) is 5.91 Å². The second kappa shape index (κ2) is 14.0. The number of carboxylic acid groups (broad SMARTS) is 1. The summed E-state index contributed by atoms with van der Waals surface area (Å²) in [6.45, 7) is 0.712. The highest BCUT2D eigenvalue weighted by Crippen LogP contribution is 2.28. The van der Waals surface area contributed by atoms with E-state index in [4.69, 9.17) is 19.9 Å². The van der Waals surface area contributed by atoms with Crippen molar-refractivity contribution < 1.29 is 27.9 Å². The number of aliphatic carboxylic acids is 1. The van der Waals surface area contributed by atoms with Gasteiger partial charge in [-0.05, 0) is 67.0 Å². The van der Waals surface area contributed by atoms with Gasteiger partial charge in [0.15, 0.2) is 0 Å². The van der Waals surface area contributed by atoms with Gasteiger partial charge in [0, 0.05) is 37.6 Å². The Hall–Kier alpha value is -4.67. The van der Waals surface area contributed by atoms with Gasteiger partial charge in [-0.1, -0.05) is 54.6 Å². The number of rotatable bonds is 7. The Morgan fingerprint density at radius 1 is 0.860 bits per heavy atom. The van der Waals surface area contributed by atoms with Crippen molar-refractivity contribution in [1.29, 1.82) is 0 Å². The van der Waals surface area contributed by atoms with Gasteiger partial charge < -0.3 is 20.6 Å². The van der Waals surface area contributed by atoms with Crippen LogP contribution in [-0.2, 0) is 4.79 Å². The van der Waals surface area contributed by atoms with Crippen molar-refractivity contribution in [2.75, 3.05) is 30.9 Å². The van der Waals surface area contributed by atoms with Crippen LogP contribution in [0.25, 0.3) is 22.0 Å². The second-order valence-corrected chi connectivity index (χ2v) is 10.6. The molecule has 4 aromatic rings. The molecule has 0 bridgehead atoms. The molecule has 1 fully saturated rings. The van der Waals surface area contributed by atoms with Gasteiger partial charge in [0.1, 0.15) is 5.82 Å². The van der Waals surface area contributed by atoms with Crippen LogP contribution >= 0.6 is 0 Å². The number of nitrogens with zero attached hydrogens (tertiary/aromatic N) is 3. The fourth-order valence-electron chi connectivity index (χ4n) is 4.94. The van der Waals surface area contributed by atoms with Crippen molar-refractivity contribution in [3.8, 4) is 11.1 Å². The number of fused-ring (bicyclic) bond motifs is 1. The van der Waals surface area contributed by atoms with Crippen LogP contribution in [0, 0.1) is 5.92 Å². The Bertz CT molecular complexity index is 1520. The maximum Gasteiger partial charge on any atom is 0.490 e. The Balaban J connectivity index is 0.000000541. The van der Waals surface area contributed by atoms with Gasteiger partial charge in [0.2, 0.25) is 5.95 Å². The molecule has 226 valence electrons. The van der Waals surface area contributed by atoms with Crippen molar-refractivity contribution in [2.45, 2.75) is 37.9 Å². The van der Waals surface area contributed by atoms with Crippen molar-refractivity contribution in [1.82, 2.24) is 15.3 Å². The fraction of sp³-hybridized carbons (Fsp3) is 0.312. The van der Waals surface area contributed by atoms with Crippen molar-refractivity contribution in [2.24, 2.45) is 5.92 Å². The minimum absolute atomic E-state index is 0.00404. The fourth-order valence-corrected chi connectivity index (χ4v) is 4.94. The molecule has 3 N–H and O–H groups in total. The zero-order valence-electron chi connectivity index (χ0n) is 23.9. The normalized spacial score (nSPS) is 16.5. The molecular weight excluding hydrogens is 559 g/mol. The summed E-state index contributed by atoms with van der Waals surface area (Å²) in [6.07, 6.45) is -0.863. The summed E-state index contributed by atoms with van der Waals surface area (Å²) in [7, 11) is 4.02. The number of carboxylic acids is 1. The molecule has 5 rings (SSSR count). The average molecular weight is 594 g/mol. The summed E-state index contributed by atoms with van der Waals surface area (Å²) in [4.78, 5) is 33.1. The lowest BCUT2D eigenvalue weighted by Gasteiger charge is -2.29. The third-order valence-corrected chi connectivity index (χ3v) is 7.23. The third-order valence-electron chi connectivity index (χ3n) is 7.23. The van der Waals surface area contributed by atoms with E-state index < -0.39 is 12.1 Å². The lowest BCUT2D eigenvalue weighted by Crippen LogP contribution is -2.34. The van der Waals surface area contributed by atoms with Gasteiger partial charge >= 0.3 is 12.1 Å².